The van der Waals surface area contributed by atoms with Crippen LogP contribution in [-0.2, 0) is 4.74 Å². The van der Waals surface area contributed by atoms with Crippen molar-refractivity contribution in [3.8, 4) is 0 Å². The Hall–Kier alpha value is -1.83. The maximum absolute atomic E-state index is 12.0. The predicted octanol–water partition coefficient (Wildman–Crippen LogP) is 7.21. The number of esters is 1. The third-order valence-corrected chi connectivity index (χ3v) is 7.26. The summed E-state index contributed by atoms with van der Waals surface area (Å²) in [6.45, 7) is 12.1. The van der Waals surface area contributed by atoms with Gasteiger partial charge in [0.1, 0.15) is 0 Å². The van der Waals surface area contributed by atoms with Gasteiger partial charge in [-0.25, -0.2) is 4.79 Å². The smallest absolute Gasteiger partial charge is 0.338 e. The van der Waals surface area contributed by atoms with E-state index in [1.165, 1.54) is 31.3 Å². The topological polar surface area (TPSA) is 26.3 Å². The average Bonchev–Trinajstić information content (AvgIpc) is 3.28. The zero-order chi connectivity index (χ0) is 20.4. The van der Waals surface area contributed by atoms with Crippen LogP contribution in [0.25, 0.3) is 6.08 Å². The van der Waals surface area contributed by atoms with Gasteiger partial charge in [0.05, 0.1) is 12.2 Å². The Kier molecular flexibility index (Phi) is 5.89. The lowest BCUT2D eigenvalue weighted by Gasteiger charge is -2.41. The fourth-order valence-electron chi connectivity index (χ4n) is 5.26. The standard InChI is InChI=1S/C26H36O2/c1-6-7-17-28-23(27)22-11-9-21(10-12-22)18-20(2)13-16-26-19-25(26,5)15-8-14-24(26,3)4/h9-13,16,18H,6-8,14-15,17,19H2,1-5H3/b16-13+,20-18+. The number of rotatable bonds is 7. The first kappa shape index (κ1) is 20.9. The first-order valence-electron chi connectivity index (χ1n) is 10.9. The van der Waals surface area contributed by atoms with E-state index in [0.717, 1.165) is 18.4 Å². The largest absolute Gasteiger partial charge is 0.462 e. The number of fused-ring (bicyclic) bond motifs is 1. The van der Waals surface area contributed by atoms with E-state index >= 15 is 0 Å². The van der Waals surface area contributed by atoms with Crippen molar-refractivity contribution >= 4 is 12.0 Å². The van der Waals surface area contributed by atoms with E-state index in [0.29, 0.717) is 28.4 Å². The van der Waals surface area contributed by atoms with Crippen molar-refractivity contribution in [2.45, 2.75) is 73.1 Å². The number of carbonyl (C=O) groups excluding carboxylic acids is 1. The number of carbonyl (C=O) groups is 1. The van der Waals surface area contributed by atoms with Crippen molar-refractivity contribution in [1.29, 1.82) is 0 Å². The number of hydrogen-bond acceptors (Lipinski definition) is 2. The molecule has 2 unspecified atom stereocenters. The van der Waals surface area contributed by atoms with Crippen molar-refractivity contribution in [2.75, 3.05) is 6.61 Å². The van der Waals surface area contributed by atoms with Gasteiger partial charge in [-0.15, -0.1) is 0 Å². The molecule has 28 heavy (non-hydrogen) atoms. The molecule has 152 valence electrons. The number of hydrogen-bond donors (Lipinski definition) is 0. The van der Waals surface area contributed by atoms with E-state index in [4.69, 9.17) is 4.74 Å². The highest BCUT2D eigenvalue weighted by Gasteiger charge is 2.69. The summed E-state index contributed by atoms with van der Waals surface area (Å²) < 4.78 is 5.27. The molecule has 2 aliphatic carbocycles. The minimum Gasteiger partial charge on any atom is -0.462 e. The molecule has 2 saturated carbocycles. The minimum atomic E-state index is -0.229. The third kappa shape index (κ3) is 3.97. The highest BCUT2D eigenvalue weighted by Crippen LogP contribution is 2.78. The third-order valence-electron chi connectivity index (χ3n) is 7.26. The van der Waals surface area contributed by atoms with Crippen molar-refractivity contribution in [2.24, 2.45) is 16.2 Å². The van der Waals surface area contributed by atoms with Crippen LogP contribution in [0.2, 0.25) is 0 Å². The molecule has 0 saturated heterocycles. The highest BCUT2D eigenvalue weighted by atomic mass is 16.5. The second kappa shape index (κ2) is 7.89. The molecule has 0 aromatic heterocycles. The number of allylic oxidation sites excluding steroid dienone is 3. The van der Waals surface area contributed by atoms with Gasteiger partial charge in [-0.1, -0.05) is 76.5 Å². The Morgan fingerprint density at radius 3 is 2.50 bits per heavy atom. The van der Waals surface area contributed by atoms with Gasteiger partial charge in [-0.2, -0.15) is 0 Å². The molecule has 2 heteroatoms. The fraction of sp³-hybridized carbons (Fsp3) is 0.577. The molecule has 0 amide bonds. The molecule has 1 aromatic rings. The molecule has 1 aromatic carbocycles. The molecule has 0 aliphatic heterocycles. The SMILES string of the molecule is CCCCOC(=O)c1ccc(/C=C(C)/C=C/C23CC2(C)CCCC3(C)C)cc1. The van der Waals surface area contributed by atoms with Gasteiger partial charge in [-0.05, 0) is 66.5 Å². The summed E-state index contributed by atoms with van der Waals surface area (Å²) in [5.41, 5.74) is 4.23. The summed E-state index contributed by atoms with van der Waals surface area (Å²) in [5.74, 6) is -0.229. The molecule has 0 bridgehead atoms. The summed E-state index contributed by atoms with van der Waals surface area (Å²) in [6.07, 6.45) is 14.3. The van der Waals surface area contributed by atoms with Gasteiger partial charge < -0.3 is 4.74 Å². The molecule has 0 N–H and O–H groups in total. The summed E-state index contributed by atoms with van der Waals surface area (Å²) in [7, 11) is 0. The van der Waals surface area contributed by atoms with Gasteiger partial charge in [0.25, 0.3) is 0 Å². The number of unbranched alkanes of at least 4 members (excludes halogenated alkanes) is 1. The number of ether oxygens (including phenoxy) is 1. The second-order valence-corrected chi connectivity index (χ2v) is 9.78. The molecule has 0 spiro atoms. The van der Waals surface area contributed by atoms with Crippen LogP contribution in [0.15, 0.2) is 42.0 Å². The molecule has 2 nitrogen and oxygen atoms in total. The zero-order valence-electron chi connectivity index (χ0n) is 18.3. The molecular formula is C26H36O2. The first-order chi connectivity index (χ1) is 13.2. The quantitative estimate of drug-likeness (QED) is 0.284. The van der Waals surface area contributed by atoms with Gasteiger partial charge in [-0.3, -0.25) is 0 Å². The van der Waals surface area contributed by atoms with Crippen LogP contribution in [0.1, 0.15) is 89.1 Å². The normalized spacial score (nSPS) is 28.8. The Bertz CT molecular complexity index is 768. The monoisotopic (exact) mass is 380 g/mol. The average molecular weight is 381 g/mol. The minimum absolute atomic E-state index is 0.229. The Balaban J connectivity index is 1.66. The highest BCUT2D eigenvalue weighted by molar-refractivity contribution is 5.89. The van der Waals surface area contributed by atoms with Crippen molar-refractivity contribution < 1.29 is 9.53 Å². The lowest BCUT2D eigenvalue weighted by molar-refractivity contribution is 0.0499. The van der Waals surface area contributed by atoms with E-state index < -0.39 is 0 Å². The van der Waals surface area contributed by atoms with E-state index in [1.54, 1.807) is 0 Å². The Morgan fingerprint density at radius 1 is 1.14 bits per heavy atom. The van der Waals surface area contributed by atoms with Crippen LogP contribution < -0.4 is 0 Å². The van der Waals surface area contributed by atoms with Gasteiger partial charge >= 0.3 is 5.97 Å². The van der Waals surface area contributed by atoms with Crippen LogP contribution in [0.3, 0.4) is 0 Å². The van der Waals surface area contributed by atoms with Crippen LogP contribution in [0, 0.1) is 16.2 Å². The van der Waals surface area contributed by atoms with E-state index in [2.05, 4.69) is 52.8 Å². The number of benzene rings is 1. The van der Waals surface area contributed by atoms with Gasteiger partial charge in [0.2, 0.25) is 0 Å². The van der Waals surface area contributed by atoms with Gasteiger partial charge in [0.15, 0.2) is 0 Å². The van der Waals surface area contributed by atoms with Crippen LogP contribution >= 0.6 is 0 Å². The van der Waals surface area contributed by atoms with E-state index in [9.17, 15) is 4.79 Å². The van der Waals surface area contributed by atoms with Crippen molar-refractivity contribution in [3.63, 3.8) is 0 Å². The summed E-state index contributed by atoms with van der Waals surface area (Å²) >= 11 is 0. The summed E-state index contributed by atoms with van der Waals surface area (Å²) in [5, 5.41) is 0. The summed E-state index contributed by atoms with van der Waals surface area (Å²) in [4.78, 5) is 12.0. The maximum Gasteiger partial charge on any atom is 0.338 e. The Labute approximate surface area is 171 Å². The fourth-order valence-corrected chi connectivity index (χ4v) is 5.26. The van der Waals surface area contributed by atoms with Crippen LogP contribution in [0.5, 0.6) is 0 Å². The van der Waals surface area contributed by atoms with Crippen molar-refractivity contribution in [3.05, 3.63) is 53.1 Å². The molecular weight excluding hydrogens is 344 g/mol. The molecule has 0 radical (unpaired) electrons. The van der Waals surface area contributed by atoms with Gasteiger partial charge in [0, 0.05) is 0 Å². The second-order valence-electron chi connectivity index (χ2n) is 9.78. The first-order valence-corrected chi connectivity index (χ1v) is 10.9. The lowest BCUT2D eigenvalue weighted by Crippen LogP contribution is -2.32. The summed E-state index contributed by atoms with van der Waals surface area (Å²) in [6, 6.07) is 7.71. The molecule has 2 fully saturated rings. The van der Waals surface area contributed by atoms with E-state index in [-0.39, 0.29) is 5.97 Å². The zero-order valence-corrected chi connectivity index (χ0v) is 18.3. The van der Waals surface area contributed by atoms with Crippen molar-refractivity contribution in [1.82, 2.24) is 0 Å². The molecule has 3 rings (SSSR count). The lowest BCUT2D eigenvalue weighted by atomic mass is 9.63. The van der Waals surface area contributed by atoms with Crippen LogP contribution in [-0.4, -0.2) is 12.6 Å². The molecule has 2 aliphatic rings. The Morgan fingerprint density at radius 2 is 1.86 bits per heavy atom. The molecule has 2 atom stereocenters. The molecule has 0 heterocycles. The maximum atomic E-state index is 12.0. The van der Waals surface area contributed by atoms with Crippen LogP contribution in [0.4, 0.5) is 0 Å². The van der Waals surface area contributed by atoms with E-state index in [1.807, 2.05) is 24.3 Å². The predicted molar refractivity (Wildman–Crippen MR) is 117 cm³/mol.